The van der Waals surface area contributed by atoms with E-state index in [4.69, 9.17) is 10.5 Å². The molecule has 1 amide bonds. The van der Waals surface area contributed by atoms with E-state index in [9.17, 15) is 26.4 Å². The summed E-state index contributed by atoms with van der Waals surface area (Å²) in [7, 11) is -3.73. The third kappa shape index (κ3) is 6.40. The van der Waals surface area contributed by atoms with Gasteiger partial charge in [-0.3, -0.25) is 4.79 Å². The molecule has 0 spiro atoms. The molecule has 1 saturated heterocycles. The molecular formula is C24H30F3N3O4S. The largest absolute Gasteiger partial charge is 0.416 e. The Morgan fingerprint density at radius 2 is 1.86 bits per heavy atom. The monoisotopic (exact) mass is 513 g/mol. The minimum atomic E-state index is -4.47. The van der Waals surface area contributed by atoms with Crippen molar-refractivity contribution in [1.82, 2.24) is 10.0 Å². The third-order valence-electron chi connectivity index (χ3n) is 6.36. The predicted molar refractivity (Wildman–Crippen MR) is 126 cm³/mol. The highest BCUT2D eigenvalue weighted by Gasteiger charge is 2.48. The van der Waals surface area contributed by atoms with Crippen LogP contribution >= 0.6 is 0 Å². The Morgan fingerprint density at radius 3 is 2.37 bits per heavy atom. The molecule has 35 heavy (non-hydrogen) atoms. The van der Waals surface area contributed by atoms with Gasteiger partial charge in [0.2, 0.25) is 15.9 Å². The fraction of sp³-hybridized carbons (Fsp3) is 0.458. The summed E-state index contributed by atoms with van der Waals surface area (Å²) in [4.78, 5) is 12.2. The van der Waals surface area contributed by atoms with Crippen LogP contribution in [0.3, 0.4) is 0 Å². The molecular weight excluding hydrogens is 483 g/mol. The molecule has 0 unspecified atom stereocenters. The molecule has 1 aliphatic heterocycles. The summed E-state index contributed by atoms with van der Waals surface area (Å²) < 4.78 is 72.1. The van der Waals surface area contributed by atoms with E-state index in [0.29, 0.717) is 11.1 Å². The van der Waals surface area contributed by atoms with E-state index in [2.05, 4.69) is 10.0 Å². The van der Waals surface area contributed by atoms with E-state index in [1.807, 2.05) is 30.3 Å². The lowest BCUT2D eigenvalue weighted by atomic mass is 9.76. The average molecular weight is 514 g/mol. The van der Waals surface area contributed by atoms with Gasteiger partial charge in [0.25, 0.3) is 0 Å². The van der Waals surface area contributed by atoms with Crippen LogP contribution in [0.4, 0.5) is 13.2 Å². The van der Waals surface area contributed by atoms with Crippen molar-refractivity contribution < 1.29 is 31.1 Å². The molecule has 3 atom stereocenters. The number of hydrogen-bond acceptors (Lipinski definition) is 5. The summed E-state index contributed by atoms with van der Waals surface area (Å²) in [6.45, 7) is 3.26. The molecule has 1 aliphatic rings. The molecule has 0 radical (unpaired) electrons. The zero-order valence-corrected chi connectivity index (χ0v) is 20.6. The number of nitrogens with two attached hydrogens (primary N) is 1. The lowest BCUT2D eigenvalue weighted by Gasteiger charge is -2.46. The Bertz CT molecular complexity index is 1160. The molecule has 4 N–H and O–H groups in total. The number of aryl methyl sites for hydroxylation is 1. The lowest BCUT2D eigenvalue weighted by Crippen LogP contribution is -2.69. The van der Waals surface area contributed by atoms with Crippen LogP contribution in [-0.2, 0) is 31.3 Å². The minimum Gasteiger partial charge on any atom is -0.372 e. The van der Waals surface area contributed by atoms with Crippen molar-refractivity contribution in [2.24, 2.45) is 5.73 Å². The van der Waals surface area contributed by atoms with E-state index in [-0.39, 0.29) is 26.0 Å². The summed E-state index contributed by atoms with van der Waals surface area (Å²) in [5.41, 5.74) is 4.21. The maximum atomic E-state index is 13.3. The van der Waals surface area contributed by atoms with Gasteiger partial charge in [0.15, 0.2) is 0 Å². The summed E-state index contributed by atoms with van der Waals surface area (Å²) >= 11 is 0. The number of primary amides is 1. The van der Waals surface area contributed by atoms with Crippen molar-refractivity contribution in [2.75, 3.05) is 19.4 Å². The van der Waals surface area contributed by atoms with Crippen LogP contribution in [0.15, 0.2) is 48.5 Å². The first-order chi connectivity index (χ1) is 16.2. The number of carbonyl (C=O) groups is 1. The molecule has 0 aromatic heterocycles. The highest BCUT2D eigenvalue weighted by atomic mass is 32.2. The van der Waals surface area contributed by atoms with Crippen molar-refractivity contribution in [3.05, 3.63) is 70.8 Å². The van der Waals surface area contributed by atoms with Crippen LogP contribution in [0.5, 0.6) is 0 Å². The first kappa shape index (κ1) is 27.1. The fourth-order valence-corrected chi connectivity index (χ4v) is 5.40. The smallest absolute Gasteiger partial charge is 0.372 e. The zero-order chi connectivity index (χ0) is 26.1. The number of amides is 1. The highest BCUT2D eigenvalue weighted by molar-refractivity contribution is 7.88. The van der Waals surface area contributed by atoms with Crippen LogP contribution in [0.25, 0.3) is 0 Å². The second kappa shape index (κ2) is 9.88. The normalized spacial score (nSPS) is 24.2. The van der Waals surface area contributed by atoms with Gasteiger partial charge < -0.3 is 15.8 Å². The summed E-state index contributed by atoms with van der Waals surface area (Å²) in [5, 5.41) is 3.26. The molecule has 0 aliphatic carbocycles. The molecule has 2 aromatic rings. The maximum Gasteiger partial charge on any atom is 0.416 e. The zero-order valence-electron chi connectivity index (χ0n) is 19.8. The van der Waals surface area contributed by atoms with Gasteiger partial charge >= 0.3 is 6.18 Å². The molecule has 2 aromatic carbocycles. The second-order valence-electron chi connectivity index (χ2n) is 9.21. The van der Waals surface area contributed by atoms with Crippen molar-refractivity contribution in [3.63, 3.8) is 0 Å². The average Bonchev–Trinajstić information content (AvgIpc) is 2.77. The SMILES string of the molecule is Cc1cc([C@@H](C)OC[C@@]2(c3ccccc3)CC[C@@](NS(C)(=O)=O)(C(N)=O)CN2)cc(C(F)(F)F)c1. The van der Waals surface area contributed by atoms with Gasteiger partial charge in [-0.1, -0.05) is 42.0 Å². The Hall–Kier alpha value is -2.47. The Balaban J connectivity index is 1.87. The molecule has 192 valence electrons. The van der Waals surface area contributed by atoms with Gasteiger partial charge in [-0.05, 0) is 49.9 Å². The molecule has 11 heteroatoms. The van der Waals surface area contributed by atoms with Crippen LogP contribution < -0.4 is 15.8 Å². The van der Waals surface area contributed by atoms with Gasteiger partial charge in [0.05, 0.1) is 30.1 Å². The van der Waals surface area contributed by atoms with E-state index >= 15 is 0 Å². The highest BCUT2D eigenvalue weighted by Crippen LogP contribution is 2.37. The van der Waals surface area contributed by atoms with Crippen molar-refractivity contribution >= 4 is 15.9 Å². The van der Waals surface area contributed by atoms with Crippen LogP contribution in [0, 0.1) is 6.92 Å². The lowest BCUT2D eigenvalue weighted by molar-refractivity contribution is -0.137. The van der Waals surface area contributed by atoms with E-state index in [1.54, 1.807) is 19.9 Å². The van der Waals surface area contributed by atoms with Gasteiger partial charge in [0.1, 0.15) is 5.54 Å². The van der Waals surface area contributed by atoms with Crippen molar-refractivity contribution in [2.45, 2.75) is 50.0 Å². The van der Waals surface area contributed by atoms with Crippen molar-refractivity contribution in [3.8, 4) is 0 Å². The molecule has 0 bridgehead atoms. The summed E-state index contributed by atoms with van der Waals surface area (Å²) in [6.07, 6.45) is -3.77. The topological polar surface area (TPSA) is 111 Å². The Kier molecular flexibility index (Phi) is 7.66. The quantitative estimate of drug-likeness (QED) is 0.502. The predicted octanol–water partition coefficient (Wildman–Crippen LogP) is 3.14. The van der Waals surface area contributed by atoms with Crippen molar-refractivity contribution in [1.29, 1.82) is 0 Å². The van der Waals surface area contributed by atoms with Gasteiger partial charge in [-0.2, -0.15) is 17.9 Å². The first-order valence-electron chi connectivity index (χ1n) is 11.1. The van der Waals surface area contributed by atoms with Gasteiger partial charge in [-0.25, -0.2) is 8.42 Å². The number of rotatable bonds is 8. The number of sulfonamides is 1. The van der Waals surface area contributed by atoms with E-state index in [1.165, 1.54) is 0 Å². The third-order valence-corrected chi connectivity index (χ3v) is 7.12. The number of nitrogens with one attached hydrogen (secondary N) is 2. The number of hydrogen-bond donors (Lipinski definition) is 3. The number of benzene rings is 2. The molecule has 7 nitrogen and oxygen atoms in total. The van der Waals surface area contributed by atoms with Crippen LogP contribution in [0.1, 0.15) is 48.1 Å². The van der Waals surface area contributed by atoms with Gasteiger partial charge in [0, 0.05) is 6.54 Å². The fourth-order valence-electron chi connectivity index (χ4n) is 4.41. The molecule has 1 heterocycles. The number of alkyl halides is 3. The number of halogens is 3. The number of ether oxygens (including phenoxy) is 1. The summed E-state index contributed by atoms with van der Waals surface area (Å²) in [5.74, 6) is -0.800. The van der Waals surface area contributed by atoms with Gasteiger partial charge in [-0.15, -0.1) is 0 Å². The van der Waals surface area contributed by atoms with Crippen LogP contribution in [0.2, 0.25) is 0 Å². The minimum absolute atomic E-state index is 0.0706. The molecule has 3 rings (SSSR count). The molecule has 1 fully saturated rings. The summed E-state index contributed by atoms with van der Waals surface area (Å²) in [6, 6.07) is 13.1. The van der Waals surface area contributed by atoms with Crippen LogP contribution in [-0.4, -0.2) is 39.3 Å². The Labute approximate surface area is 203 Å². The maximum absolute atomic E-state index is 13.3. The van der Waals surface area contributed by atoms with E-state index in [0.717, 1.165) is 24.0 Å². The second-order valence-corrected chi connectivity index (χ2v) is 11.0. The molecule has 0 saturated carbocycles. The number of piperidine rings is 1. The van der Waals surface area contributed by atoms with E-state index < -0.39 is 44.9 Å². The standard InChI is InChI=1S/C24H30F3N3O4S/c1-16-11-18(13-20(12-16)24(25,26)27)17(2)34-15-23(19-7-5-4-6-8-19)10-9-22(14-29-23,21(28)31)30-35(3,32)33/h4-8,11-13,17,29-30H,9-10,14-15H2,1-3H3,(H2,28,31)/t17-,22+,23-/m1/s1. The first-order valence-corrected chi connectivity index (χ1v) is 12.9. The number of carbonyl (C=O) groups excluding carboxylic acids is 1. The Morgan fingerprint density at radius 1 is 1.20 bits per heavy atom.